The van der Waals surface area contributed by atoms with Crippen LogP contribution in [0, 0.1) is 12.7 Å². The highest BCUT2D eigenvalue weighted by atomic mass is 19.1. The van der Waals surface area contributed by atoms with Crippen molar-refractivity contribution in [1.29, 1.82) is 0 Å². The molecule has 0 spiro atoms. The Bertz CT molecular complexity index is 947. The van der Waals surface area contributed by atoms with Crippen LogP contribution in [0.25, 0.3) is 5.69 Å². The topological polar surface area (TPSA) is 46.9 Å². The van der Waals surface area contributed by atoms with Crippen LogP contribution in [0.5, 0.6) is 0 Å². The molecule has 25 heavy (non-hydrogen) atoms. The molecule has 0 saturated carbocycles. The molecule has 1 amide bonds. The summed E-state index contributed by atoms with van der Waals surface area (Å²) in [6.07, 6.45) is 2.87. The molecule has 0 fully saturated rings. The number of anilines is 1. The molecule has 0 atom stereocenters. The summed E-state index contributed by atoms with van der Waals surface area (Å²) in [5, 5.41) is 7.67. The highest BCUT2D eigenvalue weighted by Gasteiger charge is 2.24. The molecule has 1 aliphatic carbocycles. The first-order valence-corrected chi connectivity index (χ1v) is 8.37. The zero-order valence-corrected chi connectivity index (χ0v) is 13.9. The fourth-order valence-corrected chi connectivity index (χ4v) is 3.24. The van der Waals surface area contributed by atoms with Gasteiger partial charge in [-0.05, 0) is 62.1 Å². The van der Waals surface area contributed by atoms with Crippen molar-refractivity contribution < 1.29 is 9.18 Å². The number of carbonyl (C=O) groups excluding carboxylic acids is 1. The summed E-state index contributed by atoms with van der Waals surface area (Å²) in [6, 6.07) is 14.1. The van der Waals surface area contributed by atoms with Crippen LogP contribution in [0.3, 0.4) is 0 Å². The first kappa shape index (κ1) is 15.6. The number of hydrogen-bond acceptors (Lipinski definition) is 2. The first-order chi connectivity index (χ1) is 12.1. The summed E-state index contributed by atoms with van der Waals surface area (Å²) in [7, 11) is 0. The Morgan fingerprint density at radius 2 is 1.96 bits per heavy atom. The molecule has 1 heterocycles. The van der Waals surface area contributed by atoms with E-state index < -0.39 is 0 Å². The monoisotopic (exact) mass is 335 g/mol. The third-order valence-electron chi connectivity index (χ3n) is 4.56. The number of para-hydroxylation sites is 1. The number of aromatic nitrogens is 2. The van der Waals surface area contributed by atoms with Crippen molar-refractivity contribution in [3.8, 4) is 5.69 Å². The number of carbonyl (C=O) groups is 1. The predicted octanol–water partition coefficient (Wildman–Crippen LogP) is 4.06. The molecule has 1 aromatic heterocycles. The second-order valence-corrected chi connectivity index (χ2v) is 6.29. The van der Waals surface area contributed by atoms with Gasteiger partial charge in [0, 0.05) is 11.1 Å². The van der Waals surface area contributed by atoms with Gasteiger partial charge in [-0.25, -0.2) is 9.07 Å². The zero-order chi connectivity index (χ0) is 17.4. The van der Waals surface area contributed by atoms with Gasteiger partial charge in [0.05, 0.1) is 11.4 Å². The van der Waals surface area contributed by atoms with E-state index in [9.17, 15) is 9.18 Å². The second kappa shape index (κ2) is 6.16. The van der Waals surface area contributed by atoms with Gasteiger partial charge in [0.1, 0.15) is 11.6 Å². The fourth-order valence-electron chi connectivity index (χ4n) is 3.24. The van der Waals surface area contributed by atoms with E-state index in [1.54, 1.807) is 17.7 Å². The average Bonchev–Trinajstić information content (AvgIpc) is 3.20. The molecule has 0 radical (unpaired) electrons. The van der Waals surface area contributed by atoms with Crippen LogP contribution in [0.15, 0.2) is 48.5 Å². The number of nitrogens with one attached hydrogen (secondary N) is 1. The third kappa shape index (κ3) is 2.82. The molecule has 0 saturated heterocycles. The van der Waals surface area contributed by atoms with Gasteiger partial charge >= 0.3 is 0 Å². The van der Waals surface area contributed by atoms with Gasteiger partial charge in [-0.2, -0.15) is 5.10 Å². The minimum atomic E-state index is -0.313. The molecular formula is C20H18FN3O. The Morgan fingerprint density at radius 1 is 1.16 bits per heavy atom. The molecule has 5 heteroatoms. The lowest BCUT2D eigenvalue weighted by atomic mass is 10.1. The Kier molecular flexibility index (Phi) is 3.84. The number of halogens is 1. The van der Waals surface area contributed by atoms with Gasteiger partial charge in [0.15, 0.2) is 0 Å². The number of benzene rings is 2. The summed E-state index contributed by atoms with van der Waals surface area (Å²) < 4.78 is 15.2. The minimum absolute atomic E-state index is 0.255. The minimum Gasteiger partial charge on any atom is -0.306 e. The summed E-state index contributed by atoms with van der Waals surface area (Å²) in [5.41, 5.74) is 3.92. The van der Waals surface area contributed by atoms with E-state index in [0.29, 0.717) is 16.9 Å². The van der Waals surface area contributed by atoms with Crippen molar-refractivity contribution in [2.45, 2.75) is 26.2 Å². The lowest BCUT2D eigenvalue weighted by molar-refractivity contribution is 0.102. The van der Waals surface area contributed by atoms with Gasteiger partial charge in [-0.3, -0.25) is 4.79 Å². The molecule has 3 aromatic rings. The second-order valence-electron chi connectivity index (χ2n) is 6.29. The highest BCUT2D eigenvalue weighted by molar-refractivity contribution is 6.04. The molecule has 1 N–H and O–H groups in total. The van der Waals surface area contributed by atoms with E-state index in [1.165, 1.54) is 12.1 Å². The van der Waals surface area contributed by atoms with E-state index >= 15 is 0 Å². The van der Waals surface area contributed by atoms with Gasteiger partial charge in [0.25, 0.3) is 5.91 Å². The number of fused-ring (bicyclic) bond motifs is 1. The van der Waals surface area contributed by atoms with Crippen molar-refractivity contribution in [1.82, 2.24) is 9.78 Å². The largest absolute Gasteiger partial charge is 0.306 e. The van der Waals surface area contributed by atoms with Crippen LogP contribution < -0.4 is 5.32 Å². The summed E-state index contributed by atoms with van der Waals surface area (Å²) in [5.74, 6) is 0.146. The summed E-state index contributed by atoms with van der Waals surface area (Å²) in [6.45, 7) is 1.65. The van der Waals surface area contributed by atoms with E-state index in [0.717, 1.165) is 36.2 Å². The number of rotatable bonds is 3. The van der Waals surface area contributed by atoms with E-state index in [2.05, 4.69) is 10.4 Å². The van der Waals surface area contributed by atoms with E-state index in [-0.39, 0.29) is 11.7 Å². The van der Waals surface area contributed by atoms with Gasteiger partial charge in [-0.15, -0.1) is 0 Å². The van der Waals surface area contributed by atoms with Gasteiger partial charge < -0.3 is 5.32 Å². The predicted molar refractivity (Wildman–Crippen MR) is 94.7 cm³/mol. The molecule has 0 bridgehead atoms. The first-order valence-electron chi connectivity index (χ1n) is 8.37. The SMILES string of the molecule is Cc1cc(C(=O)Nc2c3c(nn2-c2ccccc2)CCC3)ccc1F. The number of amides is 1. The summed E-state index contributed by atoms with van der Waals surface area (Å²) in [4.78, 5) is 12.7. The Morgan fingerprint density at radius 3 is 2.72 bits per heavy atom. The van der Waals surface area contributed by atoms with Gasteiger partial charge in [-0.1, -0.05) is 18.2 Å². The van der Waals surface area contributed by atoms with Crippen LogP contribution in [-0.4, -0.2) is 15.7 Å². The van der Waals surface area contributed by atoms with E-state index in [1.807, 2.05) is 30.3 Å². The maximum absolute atomic E-state index is 13.5. The number of hydrogen-bond donors (Lipinski definition) is 1. The van der Waals surface area contributed by atoms with Crippen LogP contribution in [0.4, 0.5) is 10.2 Å². The lowest BCUT2D eigenvalue weighted by Crippen LogP contribution is -2.16. The molecule has 4 rings (SSSR count). The Labute approximate surface area is 145 Å². The molecule has 1 aliphatic rings. The smallest absolute Gasteiger partial charge is 0.256 e. The Hall–Kier alpha value is -2.95. The van der Waals surface area contributed by atoms with Crippen LogP contribution in [0.1, 0.15) is 33.6 Å². The standard InChI is InChI=1S/C20H18FN3O/c1-13-12-14(10-11-17(13)21)20(25)22-19-16-8-5-9-18(16)23-24(19)15-6-3-2-4-7-15/h2-4,6-7,10-12H,5,8-9H2,1H3,(H,22,25). The maximum atomic E-state index is 13.5. The van der Waals surface area contributed by atoms with E-state index in [4.69, 9.17) is 0 Å². The molecule has 126 valence electrons. The molecule has 4 nitrogen and oxygen atoms in total. The normalized spacial score (nSPS) is 12.9. The zero-order valence-electron chi connectivity index (χ0n) is 13.9. The van der Waals surface area contributed by atoms with Crippen molar-refractivity contribution >= 4 is 11.7 Å². The highest BCUT2D eigenvalue weighted by Crippen LogP contribution is 2.31. The molecule has 0 unspecified atom stereocenters. The average molecular weight is 335 g/mol. The quantitative estimate of drug-likeness (QED) is 0.784. The molecular weight excluding hydrogens is 317 g/mol. The van der Waals surface area contributed by atoms with Crippen LogP contribution >= 0.6 is 0 Å². The van der Waals surface area contributed by atoms with Crippen molar-refractivity contribution in [2.75, 3.05) is 5.32 Å². The number of nitrogens with zero attached hydrogens (tertiary/aromatic N) is 2. The molecule has 2 aromatic carbocycles. The van der Waals surface area contributed by atoms with Crippen LogP contribution in [-0.2, 0) is 12.8 Å². The summed E-state index contributed by atoms with van der Waals surface area (Å²) >= 11 is 0. The van der Waals surface area contributed by atoms with Crippen molar-refractivity contribution in [3.63, 3.8) is 0 Å². The maximum Gasteiger partial charge on any atom is 0.256 e. The van der Waals surface area contributed by atoms with Crippen LogP contribution in [0.2, 0.25) is 0 Å². The molecule has 0 aliphatic heterocycles. The fraction of sp³-hybridized carbons (Fsp3) is 0.200. The third-order valence-corrected chi connectivity index (χ3v) is 4.56. The van der Waals surface area contributed by atoms with Gasteiger partial charge in [0.2, 0.25) is 0 Å². The lowest BCUT2D eigenvalue weighted by Gasteiger charge is -2.11. The van der Waals surface area contributed by atoms with Crippen molar-refractivity contribution in [3.05, 3.63) is 76.7 Å². The van der Waals surface area contributed by atoms with Crippen molar-refractivity contribution in [2.24, 2.45) is 0 Å². The Balaban J connectivity index is 1.72. The number of aryl methyl sites for hydroxylation is 2.